The van der Waals surface area contributed by atoms with E-state index in [0.29, 0.717) is 0 Å². The van der Waals surface area contributed by atoms with Crippen LogP contribution in [0.3, 0.4) is 0 Å². The SMILES string of the molecule is CO[SiH](CCCCN(C)CCCN)OC. The topological polar surface area (TPSA) is 47.7 Å². The summed E-state index contributed by atoms with van der Waals surface area (Å²) in [5, 5.41) is 0. The molecule has 0 aliphatic rings. The monoisotopic (exact) mass is 234 g/mol. The number of hydrogen-bond donors (Lipinski definition) is 1. The van der Waals surface area contributed by atoms with Crippen LogP contribution in [0.15, 0.2) is 0 Å². The summed E-state index contributed by atoms with van der Waals surface area (Å²) in [5.74, 6) is 0. The highest BCUT2D eigenvalue weighted by molar-refractivity contribution is 6.44. The molecule has 0 rings (SSSR count). The lowest BCUT2D eigenvalue weighted by Crippen LogP contribution is -2.24. The van der Waals surface area contributed by atoms with Crippen LogP contribution in [0.1, 0.15) is 19.3 Å². The van der Waals surface area contributed by atoms with E-state index < -0.39 is 9.28 Å². The van der Waals surface area contributed by atoms with E-state index in [2.05, 4.69) is 11.9 Å². The molecule has 0 bridgehead atoms. The molecule has 92 valence electrons. The van der Waals surface area contributed by atoms with Gasteiger partial charge in [0, 0.05) is 14.2 Å². The molecule has 0 aromatic carbocycles. The van der Waals surface area contributed by atoms with E-state index in [1.165, 1.54) is 12.8 Å². The van der Waals surface area contributed by atoms with Gasteiger partial charge in [-0.2, -0.15) is 0 Å². The Morgan fingerprint density at radius 2 is 1.67 bits per heavy atom. The van der Waals surface area contributed by atoms with E-state index in [1.807, 2.05) is 0 Å². The van der Waals surface area contributed by atoms with Gasteiger partial charge in [-0.05, 0) is 45.6 Å². The van der Waals surface area contributed by atoms with E-state index in [9.17, 15) is 0 Å². The van der Waals surface area contributed by atoms with E-state index in [4.69, 9.17) is 14.6 Å². The Morgan fingerprint density at radius 1 is 1.07 bits per heavy atom. The molecule has 0 aromatic rings. The first kappa shape index (κ1) is 15.1. The van der Waals surface area contributed by atoms with Gasteiger partial charge in [-0.1, -0.05) is 6.42 Å². The highest BCUT2D eigenvalue weighted by Gasteiger charge is 2.08. The number of nitrogens with zero attached hydrogens (tertiary/aromatic N) is 1. The summed E-state index contributed by atoms with van der Waals surface area (Å²) in [5.41, 5.74) is 5.45. The van der Waals surface area contributed by atoms with Gasteiger partial charge in [0.2, 0.25) is 0 Å². The molecule has 0 unspecified atom stereocenters. The van der Waals surface area contributed by atoms with Crippen LogP contribution in [0.2, 0.25) is 6.04 Å². The zero-order chi connectivity index (χ0) is 11.5. The largest absolute Gasteiger partial charge is 0.400 e. The standard InChI is InChI=1S/C10H26N2O2Si/c1-12(9-6-7-11)8-4-5-10-15(13-2)14-3/h15H,4-11H2,1-3H3. The first-order chi connectivity index (χ1) is 7.24. The van der Waals surface area contributed by atoms with Crippen molar-refractivity contribution in [2.24, 2.45) is 5.73 Å². The van der Waals surface area contributed by atoms with E-state index in [1.54, 1.807) is 14.2 Å². The second-order valence-corrected chi connectivity index (χ2v) is 6.22. The molecule has 2 N–H and O–H groups in total. The van der Waals surface area contributed by atoms with Gasteiger partial charge in [-0.25, -0.2) is 0 Å². The summed E-state index contributed by atoms with van der Waals surface area (Å²) in [6.45, 7) is 3.03. The third-order valence-corrected chi connectivity index (χ3v) is 4.43. The number of unbranched alkanes of at least 4 members (excludes halogenated alkanes) is 1. The molecule has 0 aliphatic heterocycles. The van der Waals surface area contributed by atoms with Crippen molar-refractivity contribution in [1.29, 1.82) is 0 Å². The molecule has 0 saturated carbocycles. The Kier molecular flexibility index (Phi) is 10.6. The average Bonchev–Trinajstić information content (AvgIpc) is 2.26. The third kappa shape index (κ3) is 9.01. The van der Waals surface area contributed by atoms with E-state index in [-0.39, 0.29) is 0 Å². The highest BCUT2D eigenvalue weighted by Crippen LogP contribution is 2.03. The van der Waals surface area contributed by atoms with Crippen molar-refractivity contribution in [2.75, 3.05) is 40.9 Å². The first-order valence-corrected chi connectivity index (χ1v) is 7.44. The quantitative estimate of drug-likeness (QED) is 0.443. The summed E-state index contributed by atoms with van der Waals surface area (Å²) in [6, 6.07) is 1.11. The molecular weight excluding hydrogens is 208 g/mol. The van der Waals surface area contributed by atoms with Crippen LogP contribution in [0.4, 0.5) is 0 Å². The van der Waals surface area contributed by atoms with Crippen LogP contribution in [0.5, 0.6) is 0 Å². The molecule has 0 saturated heterocycles. The lowest BCUT2D eigenvalue weighted by Gasteiger charge is -2.16. The van der Waals surface area contributed by atoms with Crippen molar-refractivity contribution in [1.82, 2.24) is 4.90 Å². The highest BCUT2D eigenvalue weighted by atomic mass is 28.3. The van der Waals surface area contributed by atoms with Crippen LogP contribution in [-0.4, -0.2) is 55.1 Å². The summed E-state index contributed by atoms with van der Waals surface area (Å²) in [7, 11) is 4.32. The van der Waals surface area contributed by atoms with Crippen LogP contribution in [0.25, 0.3) is 0 Å². The predicted molar refractivity (Wildman–Crippen MR) is 66.4 cm³/mol. The second kappa shape index (κ2) is 10.6. The smallest absolute Gasteiger partial charge is 0.320 e. The van der Waals surface area contributed by atoms with E-state index in [0.717, 1.165) is 32.1 Å². The maximum atomic E-state index is 5.45. The zero-order valence-electron chi connectivity index (χ0n) is 10.4. The van der Waals surface area contributed by atoms with Gasteiger partial charge in [0.05, 0.1) is 0 Å². The molecule has 0 heterocycles. The maximum absolute atomic E-state index is 5.45. The minimum atomic E-state index is -1.32. The van der Waals surface area contributed by atoms with Crippen LogP contribution in [-0.2, 0) is 8.85 Å². The lowest BCUT2D eigenvalue weighted by molar-refractivity contribution is 0.273. The minimum absolute atomic E-state index is 0.784. The van der Waals surface area contributed by atoms with Gasteiger partial charge in [-0.15, -0.1) is 0 Å². The number of hydrogen-bond acceptors (Lipinski definition) is 4. The molecule has 0 aliphatic carbocycles. The molecule has 0 spiro atoms. The second-order valence-electron chi connectivity index (χ2n) is 3.84. The Labute approximate surface area is 95.6 Å². The van der Waals surface area contributed by atoms with Crippen LogP contribution < -0.4 is 5.73 Å². The minimum Gasteiger partial charge on any atom is -0.400 e. The van der Waals surface area contributed by atoms with Crippen molar-refractivity contribution in [2.45, 2.75) is 25.3 Å². The van der Waals surface area contributed by atoms with Crippen molar-refractivity contribution in [3.8, 4) is 0 Å². The fourth-order valence-electron chi connectivity index (χ4n) is 1.50. The summed E-state index contributed by atoms with van der Waals surface area (Å²) in [4.78, 5) is 2.34. The Bertz CT molecular complexity index is 135. The molecule has 0 atom stereocenters. The molecule has 0 aromatic heterocycles. The predicted octanol–water partition coefficient (Wildman–Crippen LogP) is 0.561. The van der Waals surface area contributed by atoms with Gasteiger partial charge in [0.15, 0.2) is 0 Å². The fraction of sp³-hybridized carbons (Fsp3) is 1.00. The molecule has 0 radical (unpaired) electrons. The van der Waals surface area contributed by atoms with Gasteiger partial charge in [0.25, 0.3) is 0 Å². The van der Waals surface area contributed by atoms with Crippen molar-refractivity contribution in [3.05, 3.63) is 0 Å². The summed E-state index contributed by atoms with van der Waals surface area (Å²) >= 11 is 0. The third-order valence-electron chi connectivity index (χ3n) is 2.50. The molecule has 5 heteroatoms. The molecule has 15 heavy (non-hydrogen) atoms. The average molecular weight is 234 g/mol. The van der Waals surface area contributed by atoms with E-state index >= 15 is 0 Å². The van der Waals surface area contributed by atoms with Crippen molar-refractivity contribution >= 4 is 9.28 Å². The number of rotatable bonds is 10. The first-order valence-electron chi connectivity index (χ1n) is 5.68. The van der Waals surface area contributed by atoms with Gasteiger partial charge >= 0.3 is 9.28 Å². The molecular formula is C10H26N2O2Si. The summed E-state index contributed by atoms with van der Waals surface area (Å²) in [6.07, 6.45) is 3.51. The Hall–Kier alpha value is 0.0569. The fourth-order valence-corrected chi connectivity index (χ4v) is 2.78. The van der Waals surface area contributed by atoms with Gasteiger partial charge in [-0.3, -0.25) is 0 Å². The molecule has 0 fully saturated rings. The van der Waals surface area contributed by atoms with Crippen molar-refractivity contribution in [3.63, 3.8) is 0 Å². The van der Waals surface area contributed by atoms with Crippen LogP contribution >= 0.6 is 0 Å². The number of nitrogens with two attached hydrogens (primary N) is 1. The Balaban J connectivity index is 3.29. The van der Waals surface area contributed by atoms with Gasteiger partial charge in [0.1, 0.15) is 0 Å². The molecule has 0 amide bonds. The Morgan fingerprint density at radius 3 is 2.20 bits per heavy atom. The normalized spacial score (nSPS) is 11.6. The zero-order valence-corrected chi connectivity index (χ0v) is 11.5. The molecule has 4 nitrogen and oxygen atoms in total. The van der Waals surface area contributed by atoms with Gasteiger partial charge < -0.3 is 19.5 Å². The maximum Gasteiger partial charge on any atom is 0.320 e. The van der Waals surface area contributed by atoms with Crippen LogP contribution in [0, 0.1) is 0 Å². The van der Waals surface area contributed by atoms with Crippen molar-refractivity contribution < 1.29 is 8.85 Å². The summed E-state index contributed by atoms with van der Waals surface area (Å²) < 4.78 is 10.5. The lowest BCUT2D eigenvalue weighted by atomic mass is 10.3.